The Balaban J connectivity index is 0.00000320. The van der Waals surface area contributed by atoms with Crippen LogP contribution in [0.1, 0.15) is 23.6 Å². The van der Waals surface area contributed by atoms with Gasteiger partial charge >= 0.3 is 0 Å². The molecule has 0 aliphatic rings. The highest BCUT2D eigenvalue weighted by atomic mass is 127. The molecule has 2 aromatic carbocycles. The second-order valence-electron chi connectivity index (χ2n) is 6.62. The van der Waals surface area contributed by atoms with Gasteiger partial charge < -0.3 is 15.2 Å². The first-order chi connectivity index (χ1) is 14.2. The summed E-state index contributed by atoms with van der Waals surface area (Å²) in [4.78, 5) is 16.4. The number of rotatable bonds is 7. The Morgan fingerprint density at radius 3 is 2.37 bits per heavy atom. The number of hydrogen-bond donors (Lipinski definition) is 2. The van der Waals surface area contributed by atoms with Crippen LogP contribution < -0.4 is 16.2 Å². The van der Waals surface area contributed by atoms with Gasteiger partial charge in [-0.25, -0.2) is 9.38 Å². The van der Waals surface area contributed by atoms with Gasteiger partial charge in [0.1, 0.15) is 5.82 Å². The monoisotopic (exact) mass is 520 g/mol. The van der Waals surface area contributed by atoms with Crippen LogP contribution in [0.5, 0.6) is 0 Å². The molecule has 0 amide bonds. The van der Waals surface area contributed by atoms with Crippen molar-refractivity contribution in [2.24, 2.45) is 4.99 Å². The van der Waals surface area contributed by atoms with Gasteiger partial charge in [-0.05, 0) is 30.2 Å². The molecular formula is C23H26FIN4O. The van der Waals surface area contributed by atoms with Gasteiger partial charge in [0.2, 0.25) is 0 Å². The molecule has 0 aliphatic heterocycles. The van der Waals surface area contributed by atoms with Crippen LogP contribution in [-0.2, 0) is 19.6 Å². The van der Waals surface area contributed by atoms with Crippen molar-refractivity contribution in [3.05, 3.63) is 106 Å². The lowest BCUT2D eigenvalue weighted by atomic mass is 10.1. The van der Waals surface area contributed by atoms with E-state index in [2.05, 4.69) is 15.6 Å². The smallest absolute Gasteiger partial charge is 0.250 e. The zero-order chi connectivity index (χ0) is 20.5. The highest BCUT2D eigenvalue weighted by molar-refractivity contribution is 14.0. The van der Waals surface area contributed by atoms with Gasteiger partial charge in [-0.3, -0.25) is 4.79 Å². The summed E-state index contributed by atoms with van der Waals surface area (Å²) >= 11 is 0. The summed E-state index contributed by atoms with van der Waals surface area (Å²) < 4.78 is 15.4. The fourth-order valence-electron chi connectivity index (χ4n) is 2.87. The highest BCUT2D eigenvalue weighted by Gasteiger charge is 2.03. The normalized spacial score (nSPS) is 10.9. The van der Waals surface area contributed by atoms with Crippen molar-refractivity contribution in [3.8, 4) is 0 Å². The molecule has 0 spiro atoms. The van der Waals surface area contributed by atoms with Crippen LogP contribution in [-0.4, -0.2) is 17.1 Å². The third kappa shape index (κ3) is 6.98. The molecule has 0 saturated heterocycles. The number of guanidine groups is 1. The largest absolute Gasteiger partial charge is 0.357 e. The molecule has 1 heterocycles. The summed E-state index contributed by atoms with van der Waals surface area (Å²) in [6, 6.07) is 19.9. The lowest BCUT2D eigenvalue weighted by Crippen LogP contribution is -2.37. The van der Waals surface area contributed by atoms with Crippen LogP contribution in [0.4, 0.5) is 4.39 Å². The molecular weight excluding hydrogens is 494 g/mol. The summed E-state index contributed by atoms with van der Waals surface area (Å²) in [6.07, 6.45) is 1.78. The van der Waals surface area contributed by atoms with Crippen LogP contribution in [0.15, 0.2) is 82.7 Å². The summed E-state index contributed by atoms with van der Waals surface area (Å²) in [6.45, 7) is 4.10. The van der Waals surface area contributed by atoms with Gasteiger partial charge in [-0.1, -0.05) is 48.5 Å². The molecule has 0 radical (unpaired) electrons. The van der Waals surface area contributed by atoms with Crippen LogP contribution in [0.2, 0.25) is 0 Å². The molecule has 2 N–H and O–H groups in total. The van der Waals surface area contributed by atoms with Crippen molar-refractivity contribution in [3.63, 3.8) is 0 Å². The third-order valence-corrected chi connectivity index (χ3v) is 4.44. The Bertz CT molecular complexity index is 1020. The van der Waals surface area contributed by atoms with E-state index in [4.69, 9.17) is 0 Å². The fraction of sp³-hybridized carbons (Fsp3) is 0.217. The van der Waals surface area contributed by atoms with E-state index in [0.29, 0.717) is 37.7 Å². The summed E-state index contributed by atoms with van der Waals surface area (Å²) in [5, 5.41) is 6.33. The summed E-state index contributed by atoms with van der Waals surface area (Å²) in [7, 11) is 0. The van der Waals surface area contributed by atoms with Gasteiger partial charge in [-0.2, -0.15) is 0 Å². The number of aliphatic imine (C=N–C) groups is 1. The van der Waals surface area contributed by atoms with E-state index < -0.39 is 0 Å². The van der Waals surface area contributed by atoms with E-state index in [9.17, 15) is 9.18 Å². The van der Waals surface area contributed by atoms with Crippen LogP contribution in [0.25, 0.3) is 0 Å². The topological polar surface area (TPSA) is 58.4 Å². The van der Waals surface area contributed by atoms with Crippen molar-refractivity contribution >= 4 is 29.9 Å². The first-order valence-electron chi connectivity index (χ1n) is 9.64. The molecule has 0 atom stereocenters. The Morgan fingerprint density at radius 2 is 1.67 bits per heavy atom. The molecule has 30 heavy (non-hydrogen) atoms. The van der Waals surface area contributed by atoms with E-state index in [1.54, 1.807) is 35.0 Å². The molecule has 0 aliphatic carbocycles. The first-order valence-corrected chi connectivity index (χ1v) is 9.64. The molecule has 0 unspecified atom stereocenters. The van der Waals surface area contributed by atoms with E-state index in [-0.39, 0.29) is 35.4 Å². The molecule has 7 heteroatoms. The number of benzene rings is 2. The Morgan fingerprint density at radius 1 is 0.967 bits per heavy atom. The number of nitrogens with one attached hydrogen (secondary N) is 2. The standard InChI is InChI=1S/C23H25FN4O.HI/c1-2-25-23(27-16-20-7-3-4-8-21(20)24)26-15-18-10-12-19(13-11-18)17-28-14-6-5-9-22(28)29;/h3-14H,2,15-17H2,1H3,(H2,25,26,27);1H. The van der Waals surface area contributed by atoms with Crippen molar-refractivity contribution < 1.29 is 4.39 Å². The van der Waals surface area contributed by atoms with Gasteiger partial charge in [0.05, 0.1) is 13.1 Å². The van der Waals surface area contributed by atoms with Crippen LogP contribution in [0.3, 0.4) is 0 Å². The maximum Gasteiger partial charge on any atom is 0.250 e. The average molecular weight is 520 g/mol. The van der Waals surface area contributed by atoms with Crippen molar-refractivity contribution in [1.29, 1.82) is 0 Å². The third-order valence-electron chi connectivity index (χ3n) is 4.44. The summed E-state index contributed by atoms with van der Waals surface area (Å²) in [5.74, 6) is 0.402. The molecule has 0 saturated carbocycles. The Labute approximate surface area is 193 Å². The fourth-order valence-corrected chi connectivity index (χ4v) is 2.87. The second kappa shape index (κ2) is 12.1. The number of hydrogen-bond acceptors (Lipinski definition) is 2. The number of halogens is 2. The zero-order valence-corrected chi connectivity index (χ0v) is 19.2. The van der Waals surface area contributed by atoms with Gasteiger partial charge in [0.25, 0.3) is 5.56 Å². The predicted octanol–water partition coefficient (Wildman–Crippen LogP) is 3.91. The lowest BCUT2D eigenvalue weighted by molar-refractivity contribution is 0.604. The van der Waals surface area contributed by atoms with E-state index in [1.807, 2.05) is 43.3 Å². The second-order valence-corrected chi connectivity index (χ2v) is 6.62. The number of nitrogens with zero attached hydrogens (tertiary/aromatic N) is 2. The molecule has 0 fully saturated rings. The molecule has 1 aromatic heterocycles. The molecule has 5 nitrogen and oxygen atoms in total. The lowest BCUT2D eigenvalue weighted by Gasteiger charge is -2.12. The van der Waals surface area contributed by atoms with E-state index in [0.717, 1.165) is 11.1 Å². The minimum atomic E-state index is -0.232. The van der Waals surface area contributed by atoms with Gasteiger partial charge in [0, 0.05) is 30.9 Å². The minimum Gasteiger partial charge on any atom is -0.357 e. The minimum absolute atomic E-state index is 0. The van der Waals surface area contributed by atoms with Gasteiger partial charge in [0.15, 0.2) is 5.96 Å². The number of pyridine rings is 1. The number of aromatic nitrogens is 1. The predicted molar refractivity (Wildman–Crippen MR) is 130 cm³/mol. The Hall–Kier alpha value is -2.68. The maximum atomic E-state index is 13.8. The first kappa shape index (κ1) is 23.6. The Kier molecular flexibility index (Phi) is 9.53. The zero-order valence-electron chi connectivity index (χ0n) is 16.8. The SMILES string of the molecule is CCNC(=NCc1ccc(Cn2ccccc2=O)cc1)NCc1ccccc1F.I. The van der Waals surface area contributed by atoms with Crippen molar-refractivity contribution in [1.82, 2.24) is 15.2 Å². The van der Waals surface area contributed by atoms with Crippen LogP contribution in [0, 0.1) is 5.82 Å². The average Bonchev–Trinajstić information content (AvgIpc) is 2.74. The highest BCUT2D eigenvalue weighted by Crippen LogP contribution is 2.08. The van der Waals surface area contributed by atoms with E-state index >= 15 is 0 Å². The quantitative estimate of drug-likeness (QED) is 0.282. The summed E-state index contributed by atoms with van der Waals surface area (Å²) in [5.41, 5.74) is 2.68. The van der Waals surface area contributed by atoms with Gasteiger partial charge in [-0.15, -0.1) is 24.0 Å². The molecule has 158 valence electrons. The molecule has 3 rings (SSSR count). The molecule has 0 bridgehead atoms. The van der Waals surface area contributed by atoms with Crippen molar-refractivity contribution in [2.45, 2.75) is 26.6 Å². The van der Waals surface area contributed by atoms with E-state index in [1.165, 1.54) is 6.07 Å². The maximum absolute atomic E-state index is 13.8. The van der Waals surface area contributed by atoms with Crippen LogP contribution >= 0.6 is 24.0 Å². The van der Waals surface area contributed by atoms with Crippen molar-refractivity contribution in [2.75, 3.05) is 6.54 Å². The molecule has 3 aromatic rings.